The molecule has 0 saturated carbocycles. The first-order chi connectivity index (χ1) is 24.8. The summed E-state index contributed by atoms with van der Waals surface area (Å²) in [6, 6.07) is 53.5. The van der Waals surface area contributed by atoms with E-state index in [0.29, 0.717) is 0 Å². The Morgan fingerprint density at radius 2 is 1.02 bits per heavy atom. The van der Waals surface area contributed by atoms with Crippen molar-refractivity contribution < 1.29 is 9.25 Å². The summed E-state index contributed by atoms with van der Waals surface area (Å²) in [7, 11) is 0. The molecule has 1 atom stereocenters. The number of para-hydroxylation sites is 2. The van der Waals surface area contributed by atoms with Gasteiger partial charge in [0.15, 0.2) is 5.52 Å². The molecule has 50 heavy (non-hydrogen) atoms. The van der Waals surface area contributed by atoms with E-state index in [1.165, 1.54) is 88.4 Å². The largest absolute Gasteiger partial charge is 0.394 e. The maximum atomic E-state index is 2.54. The number of fused-ring (bicyclic) bond motifs is 11. The molecular formula is C45H27N5+2. The zero-order valence-corrected chi connectivity index (χ0v) is 26.8. The Balaban J connectivity index is 1.21. The molecule has 0 amide bonds. The lowest BCUT2D eigenvalue weighted by Gasteiger charge is -2.33. The molecule has 1 unspecified atom stereocenters. The van der Waals surface area contributed by atoms with Crippen molar-refractivity contribution in [3.63, 3.8) is 0 Å². The summed E-state index contributed by atoms with van der Waals surface area (Å²) < 4.78 is 12.5. The smallest absolute Gasteiger partial charge is 0.307 e. The van der Waals surface area contributed by atoms with Gasteiger partial charge >= 0.3 is 5.66 Å². The Morgan fingerprint density at radius 1 is 0.440 bits per heavy atom. The number of hydrogen-bond acceptors (Lipinski definition) is 0. The average molecular weight is 638 g/mol. The van der Waals surface area contributed by atoms with E-state index in [2.05, 4.69) is 187 Å². The quantitative estimate of drug-likeness (QED) is 0.169. The predicted molar refractivity (Wildman–Crippen MR) is 197 cm³/mol. The number of nitrogens with zero attached hydrogens (tertiary/aromatic N) is 5. The summed E-state index contributed by atoms with van der Waals surface area (Å²) in [5.41, 5.74) is 14.3. The minimum atomic E-state index is -0.655. The number of aromatic nitrogens is 5. The average Bonchev–Trinajstić information content (AvgIpc) is 3.92. The maximum Gasteiger partial charge on any atom is 0.394 e. The molecule has 4 aromatic heterocycles. The van der Waals surface area contributed by atoms with E-state index in [0.717, 1.165) is 5.82 Å². The summed E-state index contributed by atoms with van der Waals surface area (Å²) in [4.78, 5) is 0. The number of pyridine rings is 1. The van der Waals surface area contributed by atoms with E-state index in [1.54, 1.807) is 0 Å². The predicted octanol–water partition coefficient (Wildman–Crippen LogP) is 8.82. The first-order valence-electron chi connectivity index (χ1n) is 17.3. The van der Waals surface area contributed by atoms with Gasteiger partial charge in [0.1, 0.15) is 22.3 Å². The van der Waals surface area contributed by atoms with Crippen molar-refractivity contribution in [2.45, 2.75) is 5.66 Å². The summed E-state index contributed by atoms with van der Waals surface area (Å²) in [6.45, 7) is 0. The van der Waals surface area contributed by atoms with E-state index < -0.39 is 5.66 Å². The van der Waals surface area contributed by atoms with E-state index in [9.17, 15) is 0 Å². The van der Waals surface area contributed by atoms with Gasteiger partial charge in [0, 0.05) is 27.6 Å². The van der Waals surface area contributed by atoms with E-state index in [1.807, 2.05) is 0 Å². The Kier molecular flexibility index (Phi) is 4.28. The third-order valence-electron chi connectivity index (χ3n) is 11.6. The molecule has 6 aromatic carbocycles. The van der Waals surface area contributed by atoms with Crippen LogP contribution in [-0.2, 0) is 5.66 Å². The second-order valence-electron chi connectivity index (χ2n) is 13.9. The number of hydrogen-bond donors (Lipinski definition) is 0. The van der Waals surface area contributed by atoms with Gasteiger partial charge in [0.2, 0.25) is 6.20 Å². The fourth-order valence-corrected chi connectivity index (χ4v) is 9.73. The minimum absolute atomic E-state index is 0.655. The Morgan fingerprint density at radius 3 is 1.78 bits per heavy atom. The molecule has 230 valence electrons. The van der Waals surface area contributed by atoms with Gasteiger partial charge in [-0.2, -0.15) is 9.13 Å². The van der Waals surface area contributed by atoms with Crippen LogP contribution in [0.15, 0.2) is 164 Å². The van der Waals surface area contributed by atoms with Gasteiger partial charge in [-0.3, -0.25) is 0 Å². The number of rotatable bonds is 2. The van der Waals surface area contributed by atoms with Crippen LogP contribution < -0.4 is 9.25 Å². The first-order valence-corrected chi connectivity index (χ1v) is 17.3. The van der Waals surface area contributed by atoms with Crippen molar-refractivity contribution in [1.82, 2.24) is 13.8 Å². The zero-order valence-electron chi connectivity index (χ0n) is 26.8. The van der Waals surface area contributed by atoms with Gasteiger partial charge in [-0.05, 0) is 65.2 Å². The highest BCUT2D eigenvalue weighted by molar-refractivity contribution is 6.16. The van der Waals surface area contributed by atoms with Gasteiger partial charge < -0.3 is 4.57 Å². The second-order valence-corrected chi connectivity index (χ2v) is 13.9. The molecule has 5 nitrogen and oxygen atoms in total. The van der Waals surface area contributed by atoms with Crippen LogP contribution in [0.2, 0.25) is 0 Å². The van der Waals surface area contributed by atoms with Crippen LogP contribution in [0.25, 0.3) is 83.1 Å². The Labute approximate surface area is 286 Å². The molecule has 0 N–H and O–H groups in total. The van der Waals surface area contributed by atoms with Crippen LogP contribution in [0.4, 0.5) is 0 Å². The molecule has 7 heterocycles. The standard InChI is InChI=1S/C45H27N5/c1-2-10-28(11-3-1)29-17-19-30(20-18-29)31-26-47-38-23-21-34-32-12-4-6-14-36(32)49-39-24-22-35-33-13-5-7-15-37(33)50-40-16-8-9-25-46(40)45(48(47)27-31,41(38)43(34)49)42(39)44(35)50/h1-27H/q+2. The highest BCUT2D eigenvalue weighted by atomic mass is 15.5. The highest BCUT2D eigenvalue weighted by Gasteiger charge is 2.68. The summed E-state index contributed by atoms with van der Waals surface area (Å²) in [6.07, 6.45) is 7.01. The fourth-order valence-electron chi connectivity index (χ4n) is 9.73. The van der Waals surface area contributed by atoms with Crippen molar-refractivity contribution >= 4 is 43.6 Å². The van der Waals surface area contributed by atoms with Crippen LogP contribution in [0, 0.1) is 0 Å². The van der Waals surface area contributed by atoms with Gasteiger partial charge in [-0.1, -0.05) is 95.7 Å². The highest BCUT2D eigenvalue weighted by Crippen LogP contribution is 2.54. The monoisotopic (exact) mass is 637 g/mol. The van der Waals surface area contributed by atoms with Crippen molar-refractivity contribution in [3.8, 4) is 39.4 Å². The van der Waals surface area contributed by atoms with Crippen molar-refractivity contribution in [1.29, 1.82) is 0 Å². The summed E-state index contributed by atoms with van der Waals surface area (Å²) in [5.74, 6) is 1.16. The van der Waals surface area contributed by atoms with Gasteiger partial charge in [-0.25, -0.2) is 0 Å². The second kappa shape index (κ2) is 8.46. The molecule has 0 aliphatic carbocycles. The molecule has 1 spiro atoms. The van der Waals surface area contributed by atoms with Crippen LogP contribution in [0.1, 0.15) is 11.1 Å². The summed E-state index contributed by atoms with van der Waals surface area (Å²) in [5, 5.41) is 5.13. The molecule has 3 aliphatic heterocycles. The molecule has 0 radical (unpaired) electrons. The molecular weight excluding hydrogens is 611 g/mol. The van der Waals surface area contributed by atoms with Crippen LogP contribution in [-0.4, -0.2) is 13.8 Å². The SMILES string of the molecule is c1ccc(-c2ccc(-c3cn4[n+](c3)C35c6c-4ccc4c7ccccc7n(c64)-c4ccc6c7ccccc7n(c6c43)-c3cccc[n+]35)cc2)cc1. The molecule has 10 aromatic rings. The van der Waals surface area contributed by atoms with E-state index in [-0.39, 0.29) is 0 Å². The van der Waals surface area contributed by atoms with Crippen molar-refractivity contribution in [3.05, 3.63) is 175 Å². The van der Waals surface area contributed by atoms with Gasteiger partial charge in [-0.15, -0.1) is 4.68 Å². The lowest BCUT2D eigenvalue weighted by Crippen LogP contribution is -2.76. The molecule has 13 rings (SSSR count). The van der Waals surface area contributed by atoms with Crippen molar-refractivity contribution in [2.75, 3.05) is 0 Å². The van der Waals surface area contributed by atoms with Crippen molar-refractivity contribution in [2.24, 2.45) is 0 Å². The topological polar surface area (TPSA) is 22.5 Å². The van der Waals surface area contributed by atoms with E-state index >= 15 is 0 Å². The molecule has 0 bridgehead atoms. The Bertz CT molecular complexity index is 3140. The molecule has 5 heteroatoms. The van der Waals surface area contributed by atoms with E-state index in [4.69, 9.17) is 0 Å². The Hall–Kier alpha value is -6.72. The third-order valence-corrected chi connectivity index (χ3v) is 11.6. The van der Waals surface area contributed by atoms with Crippen LogP contribution in [0.5, 0.6) is 0 Å². The van der Waals surface area contributed by atoms with Crippen LogP contribution >= 0.6 is 0 Å². The zero-order chi connectivity index (χ0) is 32.3. The maximum absolute atomic E-state index is 2.54. The fraction of sp³-hybridized carbons (Fsp3) is 0.0222. The number of benzene rings is 6. The third kappa shape index (κ3) is 2.67. The lowest BCUT2D eigenvalue weighted by atomic mass is 9.82. The first kappa shape index (κ1) is 25.3. The van der Waals surface area contributed by atoms with Gasteiger partial charge in [0.25, 0.3) is 5.82 Å². The summed E-state index contributed by atoms with van der Waals surface area (Å²) >= 11 is 0. The molecule has 0 saturated heterocycles. The molecule has 3 aliphatic rings. The van der Waals surface area contributed by atoms with Crippen LogP contribution in [0.3, 0.4) is 0 Å². The molecule has 0 fully saturated rings. The minimum Gasteiger partial charge on any atom is -0.307 e. The lowest BCUT2D eigenvalue weighted by molar-refractivity contribution is -0.993. The van der Waals surface area contributed by atoms with Gasteiger partial charge in [0.05, 0.1) is 34.7 Å². The normalized spacial score (nSPS) is 16.1.